The number of aliphatic hydroxyl groups is 2. The summed E-state index contributed by atoms with van der Waals surface area (Å²) in [7, 11) is -4.37. The van der Waals surface area contributed by atoms with Crippen LogP contribution >= 0.6 is 7.82 Å². The Labute approximate surface area is 190 Å². The number of hydrogen-bond donors (Lipinski definition) is 3. The molecule has 2 aliphatic rings. The molecule has 4 rings (SSSR count). The Balaban J connectivity index is 1.52. The Bertz CT molecular complexity index is 1250. The first-order valence-corrected chi connectivity index (χ1v) is 11.4. The van der Waals surface area contributed by atoms with Gasteiger partial charge < -0.3 is 14.9 Å². The van der Waals surface area contributed by atoms with Crippen molar-refractivity contribution < 1.29 is 41.9 Å². The highest BCUT2D eigenvalue weighted by molar-refractivity contribution is 7.48. The predicted octanol–water partition coefficient (Wildman–Crippen LogP) is 0.765. The van der Waals surface area contributed by atoms with Crippen LogP contribution in [-0.2, 0) is 22.9 Å². The number of benzene rings is 1. The zero-order valence-electron chi connectivity index (χ0n) is 17.4. The average Bonchev–Trinajstić information content (AvgIpc) is 3.03. The van der Waals surface area contributed by atoms with Gasteiger partial charge in [-0.15, -0.1) is 0 Å². The number of aromatic amines is 1. The summed E-state index contributed by atoms with van der Waals surface area (Å²) in [5, 5.41) is 21.0. The van der Waals surface area contributed by atoms with Crippen LogP contribution in [0.1, 0.15) is 24.3 Å². The van der Waals surface area contributed by atoms with Gasteiger partial charge in [0.15, 0.2) is 6.23 Å². The number of hydrogen-bond acceptors (Lipinski definition) is 10. The fourth-order valence-corrected chi connectivity index (χ4v) is 5.04. The van der Waals surface area contributed by atoms with Crippen LogP contribution in [0.3, 0.4) is 0 Å². The largest absolute Gasteiger partial charge is 0.475 e. The van der Waals surface area contributed by atoms with Crippen molar-refractivity contribution in [1.29, 1.82) is 0 Å². The highest BCUT2D eigenvalue weighted by Crippen LogP contribution is 2.58. The molecule has 6 atom stereocenters. The summed E-state index contributed by atoms with van der Waals surface area (Å²) in [6, 6.07) is 3.81. The zero-order valence-corrected chi connectivity index (χ0v) is 18.3. The number of H-pyrrole nitrogens is 1. The van der Waals surface area contributed by atoms with Crippen LogP contribution in [0, 0.1) is 11.6 Å². The van der Waals surface area contributed by atoms with Crippen molar-refractivity contribution in [2.75, 3.05) is 13.2 Å². The highest BCUT2D eigenvalue weighted by Gasteiger charge is 2.56. The van der Waals surface area contributed by atoms with E-state index in [1.807, 2.05) is 4.98 Å². The quantitative estimate of drug-likeness (QED) is 0.382. The fourth-order valence-electron chi connectivity index (χ4n) is 3.64. The Kier molecular flexibility index (Phi) is 6.66. The lowest BCUT2D eigenvalue weighted by Gasteiger charge is -2.32. The second kappa shape index (κ2) is 9.23. The van der Waals surface area contributed by atoms with Crippen LogP contribution < -0.4 is 11.2 Å². The first kappa shape index (κ1) is 24.5. The predicted molar refractivity (Wildman–Crippen MR) is 110 cm³/mol. The van der Waals surface area contributed by atoms with Gasteiger partial charge in [-0.2, -0.15) is 0 Å². The number of ether oxygens (including phenoxy) is 1. The molecule has 34 heavy (non-hydrogen) atoms. The monoisotopic (exact) mass is 503 g/mol. The van der Waals surface area contributed by atoms with Crippen LogP contribution in [-0.4, -0.2) is 57.6 Å². The van der Waals surface area contributed by atoms with E-state index in [4.69, 9.17) is 18.3 Å². The number of aromatic nitrogens is 2. The maximum atomic E-state index is 14.1. The number of phosphoric acid groups is 1. The van der Waals surface area contributed by atoms with Crippen molar-refractivity contribution >= 4 is 14.5 Å². The van der Waals surface area contributed by atoms with Gasteiger partial charge in [0.1, 0.15) is 30.4 Å². The summed E-state index contributed by atoms with van der Waals surface area (Å²) in [4.78, 5) is 29.0. The van der Waals surface area contributed by atoms with E-state index in [1.165, 1.54) is 0 Å². The minimum absolute atomic E-state index is 0.0600. The molecule has 0 amide bonds. The van der Waals surface area contributed by atoms with E-state index in [1.54, 1.807) is 0 Å². The lowest BCUT2D eigenvalue weighted by Crippen LogP contribution is -2.45. The fraction of sp³-hybridized carbons (Fsp3) is 0.421. The minimum atomic E-state index is -4.37. The lowest BCUT2D eigenvalue weighted by molar-refractivity contribution is -0.125. The molecule has 184 valence electrons. The molecular weight excluding hydrogens is 483 g/mol. The topological polar surface area (TPSA) is 162 Å². The van der Waals surface area contributed by atoms with Gasteiger partial charge >= 0.3 is 13.5 Å². The number of rotatable bonds is 6. The number of aliphatic hydroxyl groups excluding tert-OH is 2. The summed E-state index contributed by atoms with van der Waals surface area (Å²) in [6.07, 6.45) is -5.00. The van der Waals surface area contributed by atoms with Crippen molar-refractivity contribution in [3.63, 3.8) is 0 Å². The van der Waals surface area contributed by atoms with E-state index in [0.717, 1.165) is 29.0 Å². The summed E-state index contributed by atoms with van der Waals surface area (Å²) < 4.78 is 62.4. The van der Waals surface area contributed by atoms with Crippen molar-refractivity contribution in [2.24, 2.45) is 4.99 Å². The van der Waals surface area contributed by atoms with Crippen LogP contribution in [0.25, 0.3) is 0 Å². The molecule has 0 aliphatic carbocycles. The lowest BCUT2D eigenvalue weighted by atomic mass is 10.1. The number of nitrogens with one attached hydrogen (secondary N) is 1. The molecule has 0 spiro atoms. The van der Waals surface area contributed by atoms with Gasteiger partial charge in [-0.3, -0.25) is 32.9 Å². The summed E-state index contributed by atoms with van der Waals surface area (Å²) >= 11 is 0. The van der Waals surface area contributed by atoms with E-state index in [0.29, 0.717) is 6.07 Å². The van der Waals surface area contributed by atoms with Gasteiger partial charge in [0, 0.05) is 30.3 Å². The molecule has 0 saturated carbocycles. The molecule has 1 aromatic heterocycles. The van der Waals surface area contributed by atoms with Gasteiger partial charge in [-0.1, -0.05) is 6.07 Å². The zero-order chi connectivity index (χ0) is 24.7. The number of phosphoric ester groups is 1. The SMILES string of the molecule is C=N[C@]1(COP2(=O)OCC[C@@H](c3ccc(F)cc3F)O2)O[C@@H](n2ccc(=O)[nH]c2=O)[C@H](O)[C@@H]1O. The molecular formula is C19H20F2N3O9P. The van der Waals surface area contributed by atoms with Crippen LogP contribution in [0.2, 0.25) is 0 Å². The van der Waals surface area contributed by atoms with E-state index in [-0.39, 0.29) is 18.6 Å². The normalized spacial score (nSPS) is 33.6. The molecule has 2 saturated heterocycles. The molecule has 1 unspecified atom stereocenters. The second-order valence-corrected chi connectivity index (χ2v) is 9.19. The van der Waals surface area contributed by atoms with Crippen molar-refractivity contribution in [2.45, 2.75) is 36.7 Å². The standard InChI is InChI=1S/C19H20F2N3O9P/c1-22-19(16(27)15(26)17(32-19)24-6-4-14(25)23-18(24)28)9-31-34(29)30-7-5-13(33-34)11-3-2-10(20)8-12(11)21/h2-4,6,8,13,15-17,26-27H,1,5,7,9H2,(H,23,25,28)/t13-,15+,16-,17+,19+,34?/m0/s1. The molecule has 12 nitrogen and oxygen atoms in total. The van der Waals surface area contributed by atoms with Gasteiger partial charge in [0.2, 0.25) is 5.72 Å². The molecule has 2 aromatic rings. The first-order valence-electron chi connectivity index (χ1n) is 9.93. The molecule has 2 fully saturated rings. The number of nitrogens with zero attached hydrogens (tertiary/aromatic N) is 2. The Morgan fingerprint density at radius 3 is 2.76 bits per heavy atom. The third-order valence-corrected chi connectivity index (χ3v) is 6.88. The van der Waals surface area contributed by atoms with Gasteiger partial charge in [0.25, 0.3) is 5.56 Å². The Morgan fingerprint density at radius 1 is 1.32 bits per heavy atom. The van der Waals surface area contributed by atoms with Crippen molar-refractivity contribution in [1.82, 2.24) is 9.55 Å². The third-order valence-electron chi connectivity index (χ3n) is 5.42. The van der Waals surface area contributed by atoms with E-state index in [9.17, 15) is 33.1 Å². The average molecular weight is 503 g/mol. The smallest absolute Gasteiger partial charge is 0.385 e. The van der Waals surface area contributed by atoms with E-state index >= 15 is 0 Å². The maximum absolute atomic E-state index is 14.1. The van der Waals surface area contributed by atoms with Crippen LogP contribution in [0.15, 0.2) is 45.0 Å². The summed E-state index contributed by atoms with van der Waals surface area (Å²) in [6.45, 7) is 2.34. The number of aliphatic imine (C=N–C) groups is 1. The van der Waals surface area contributed by atoms with Gasteiger partial charge in [0.05, 0.1) is 12.7 Å². The second-order valence-electron chi connectivity index (χ2n) is 7.57. The maximum Gasteiger partial charge on any atom is 0.475 e. The Morgan fingerprint density at radius 2 is 2.09 bits per heavy atom. The molecule has 0 bridgehead atoms. The third kappa shape index (κ3) is 4.53. The van der Waals surface area contributed by atoms with E-state index < -0.39 is 67.6 Å². The van der Waals surface area contributed by atoms with E-state index in [2.05, 4.69) is 11.7 Å². The molecule has 0 radical (unpaired) electrons. The molecule has 1 aromatic carbocycles. The molecule has 15 heteroatoms. The Hall–Kier alpha value is -2.58. The summed E-state index contributed by atoms with van der Waals surface area (Å²) in [5.74, 6) is -1.71. The molecule has 3 heterocycles. The van der Waals surface area contributed by atoms with Crippen LogP contribution in [0.5, 0.6) is 0 Å². The molecule has 3 N–H and O–H groups in total. The summed E-state index contributed by atoms with van der Waals surface area (Å²) in [5.41, 5.74) is -3.80. The van der Waals surface area contributed by atoms with Gasteiger partial charge in [-0.25, -0.2) is 18.1 Å². The molecule has 2 aliphatic heterocycles. The van der Waals surface area contributed by atoms with Crippen molar-refractivity contribution in [3.8, 4) is 0 Å². The van der Waals surface area contributed by atoms with Gasteiger partial charge in [-0.05, 0) is 12.8 Å². The first-order chi connectivity index (χ1) is 16.1. The van der Waals surface area contributed by atoms with Crippen molar-refractivity contribution in [3.05, 3.63) is 68.5 Å². The minimum Gasteiger partial charge on any atom is -0.385 e. The highest BCUT2D eigenvalue weighted by atomic mass is 31.2. The number of halogens is 2. The van der Waals surface area contributed by atoms with Crippen LogP contribution in [0.4, 0.5) is 8.78 Å².